The summed E-state index contributed by atoms with van der Waals surface area (Å²) in [6.45, 7) is 1.63. The Morgan fingerprint density at radius 2 is 2.10 bits per heavy atom. The van der Waals surface area contributed by atoms with Gasteiger partial charge in [0.15, 0.2) is 18.1 Å². The number of amides is 1. The second kappa shape index (κ2) is 7.95. The van der Waals surface area contributed by atoms with Crippen molar-refractivity contribution in [1.29, 1.82) is 0 Å². The molecule has 1 aromatic carbocycles. The maximum Gasteiger partial charge on any atom is 0.311 e. The van der Waals surface area contributed by atoms with Gasteiger partial charge >= 0.3 is 5.69 Å². The van der Waals surface area contributed by atoms with E-state index in [1.165, 1.54) is 26.2 Å². The standard InChI is InChI=1S/C13H16N2O6/c1-9(16)10-3-4-12(11(7-10)15(18)19)21-8-13(17)14-5-6-20-2/h3-4,7H,5-6,8H2,1-2H3,(H,14,17). The number of ether oxygens (including phenoxy) is 2. The molecule has 1 N–H and O–H groups in total. The van der Waals surface area contributed by atoms with E-state index < -0.39 is 10.8 Å². The van der Waals surface area contributed by atoms with Gasteiger partial charge in [-0.25, -0.2) is 0 Å². The summed E-state index contributed by atoms with van der Waals surface area (Å²) >= 11 is 0. The number of carbonyl (C=O) groups is 2. The molecule has 0 aliphatic heterocycles. The van der Waals surface area contributed by atoms with Crippen LogP contribution in [0.1, 0.15) is 17.3 Å². The summed E-state index contributed by atoms with van der Waals surface area (Å²) in [5.74, 6) is -0.772. The van der Waals surface area contributed by atoms with Crippen molar-refractivity contribution < 1.29 is 24.0 Å². The lowest BCUT2D eigenvalue weighted by atomic mass is 10.1. The quantitative estimate of drug-likeness (QED) is 0.331. The Bertz CT molecular complexity index is 543. The van der Waals surface area contributed by atoms with E-state index in [0.29, 0.717) is 13.2 Å². The molecule has 1 rings (SSSR count). The molecule has 1 amide bonds. The Morgan fingerprint density at radius 3 is 2.67 bits per heavy atom. The van der Waals surface area contributed by atoms with E-state index in [1.54, 1.807) is 0 Å². The predicted molar refractivity (Wildman–Crippen MR) is 73.5 cm³/mol. The number of benzene rings is 1. The lowest BCUT2D eigenvalue weighted by molar-refractivity contribution is -0.385. The Labute approximate surface area is 121 Å². The van der Waals surface area contributed by atoms with Crippen LogP contribution in [0.3, 0.4) is 0 Å². The maximum absolute atomic E-state index is 11.4. The molecule has 0 saturated carbocycles. The SMILES string of the molecule is COCCNC(=O)COc1ccc(C(C)=O)cc1[N+](=O)[O-]. The molecular weight excluding hydrogens is 280 g/mol. The molecule has 0 unspecified atom stereocenters. The fourth-order valence-corrected chi connectivity index (χ4v) is 1.49. The average Bonchev–Trinajstić information content (AvgIpc) is 2.45. The van der Waals surface area contributed by atoms with Gasteiger partial charge < -0.3 is 14.8 Å². The molecule has 0 bridgehead atoms. The Hall–Kier alpha value is -2.48. The molecule has 21 heavy (non-hydrogen) atoms. The number of hydrogen-bond donors (Lipinski definition) is 1. The zero-order valence-corrected chi connectivity index (χ0v) is 11.8. The molecule has 114 valence electrons. The smallest absolute Gasteiger partial charge is 0.311 e. The van der Waals surface area contributed by atoms with Crippen molar-refractivity contribution in [3.63, 3.8) is 0 Å². The van der Waals surface area contributed by atoms with E-state index in [9.17, 15) is 19.7 Å². The summed E-state index contributed by atoms with van der Waals surface area (Å²) < 4.78 is 9.88. The number of nitro benzene ring substituents is 1. The molecule has 0 radical (unpaired) electrons. The van der Waals surface area contributed by atoms with E-state index in [1.807, 2.05) is 0 Å². The Morgan fingerprint density at radius 1 is 1.38 bits per heavy atom. The van der Waals surface area contributed by atoms with Crippen LogP contribution in [0.5, 0.6) is 5.75 Å². The minimum absolute atomic E-state index is 0.0631. The lowest BCUT2D eigenvalue weighted by Crippen LogP contribution is -2.31. The van der Waals surface area contributed by atoms with Crippen LogP contribution >= 0.6 is 0 Å². The average molecular weight is 296 g/mol. The van der Waals surface area contributed by atoms with Crippen LogP contribution in [0.2, 0.25) is 0 Å². The van der Waals surface area contributed by atoms with E-state index in [4.69, 9.17) is 9.47 Å². The van der Waals surface area contributed by atoms with Crippen molar-refractivity contribution in [1.82, 2.24) is 5.32 Å². The van der Waals surface area contributed by atoms with Crippen molar-refractivity contribution in [3.05, 3.63) is 33.9 Å². The van der Waals surface area contributed by atoms with Crippen molar-refractivity contribution in [3.8, 4) is 5.75 Å². The molecule has 1 aromatic rings. The number of rotatable bonds is 8. The highest BCUT2D eigenvalue weighted by molar-refractivity contribution is 5.95. The molecule has 0 heterocycles. The third-order valence-electron chi connectivity index (χ3n) is 2.55. The van der Waals surface area contributed by atoms with Gasteiger partial charge in [-0.15, -0.1) is 0 Å². The van der Waals surface area contributed by atoms with Crippen molar-refractivity contribution in [2.45, 2.75) is 6.92 Å². The number of hydrogen-bond acceptors (Lipinski definition) is 6. The molecular formula is C13H16N2O6. The van der Waals surface area contributed by atoms with Crippen LogP contribution in [-0.4, -0.2) is 43.5 Å². The normalized spacial score (nSPS) is 10.0. The highest BCUT2D eigenvalue weighted by Gasteiger charge is 2.18. The van der Waals surface area contributed by atoms with Gasteiger partial charge in [-0.2, -0.15) is 0 Å². The first-order valence-electron chi connectivity index (χ1n) is 6.13. The van der Waals surface area contributed by atoms with Crippen LogP contribution in [0.15, 0.2) is 18.2 Å². The second-order valence-electron chi connectivity index (χ2n) is 4.13. The minimum atomic E-state index is -0.662. The highest BCUT2D eigenvalue weighted by Crippen LogP contribution is 2.28. The van der Waals surface area contributed by atoms with Gasteiger partial charge in [0.1, 0.15) is 0 Å². The molecule has 0 aliphatic rings. The summed E-state index contributed by atoms with van der Waals surface area (Å²) in [4.78, 5) is 32.9. The molecule has 0 fully saturated rings. The number of carbonyl (C=O) groups excluding carboxylic acids is 2. The second-order valence-corrected chi connectivity index (χ2v) is 4.13. The number of nitrogens with zero attached hydrogens (tertiary/aromatic N) is 1. The van der Waals surface area contributed by atoms with Crippen LogP contribution in [0.4, 0.5) is 5.69 Å². The topological polar surface area (TPSA) is 108 Å². The largest absolute Gasteiger partial charge is 0.477 e. The Balaban J connectivity index is 2.72. The first-order chi connectivity index (χ1) is 9.95. The van der Waals surface area contributed by atoms with E-state index >= 15 is 0 Å². The van der Waals surface area contributed by atoms with Gasteiger partial charge in [0.2, 0.25) is 0 Å². The fraction of sp³-hybridized carbons (Fsp3) is 0.385. The summed E-state index contributed by atoms with van der Waals surface area (Å²) in [6, 6.07) is 3.84. The third kappa shape index (κ3) is 5.19. The van der Waals surface area contributed by atoms with Gasteiger partial charge in [0.25, 0.3) is 5.91 Å². The van der Waals surface area contributed by atoms with Crippen molar-refractivity contribution in [2.75, 3.05) is 26.9 Å². The van der Waals surface area contributed by atoms with Gasteiger partial charge in [-0.05, 0) is 19.1 Å². The molecule has 0 atom stereocenters. The van der Waals surface area contributed by atoms with Crippen LogP contribution in [0, 0.1) is 10.1 Å². The summed E-state index contributed by atoms with van der Waals surface area (Å²) in [5.41, 5.74) is -0.147. The van der Waals surface area contributed by atoms with Crippen molar-refractivity contribution in [2.24, 2.45) is 0 Å². The molecule has 0 spiro atoms. The highest BCUT2D eigenvalue weighted by atomic mass is 16.6. The third-order valence-corrected chi connectivity index (χ3v) is 2.55. The lowest BCUT2D eigenvalue weighted by Gasteiger charge is -2.08. The van der Waals surface area contributed by atoms with Gasteiger partial charge in [-0.1, -0.05) is 0 Å². The molecule has 8 heteroatoms. The molecule has 0 saturated heterocycles. The van der Waals surface area contributed by atoms with E-state index in [2.05, 4.69) is 5.32 Å². The van der Waals surface area contributed by atoms with E-state index in [-0.39, 0.29) is 29.4 Å². The number of ketones is 1. The number of methoxy groups -OCH3 is 1. The first kappa shape index (κ1) is 16.6. The van der Waals surface area contributed by atoms with E-state index in [0.717, 1.165) is 6.07 Å². The number of nitro groups is 1. The zero-order valence-electron chi connectivity index (χ0n) is 11.8. The van der Waals surface area contributed by atoms with Gasteiger partial charge in [0.05, 0.1) is 11.5 Å². The predicted octanol–water partition coefficient (Wildman–Crippen LogP) is 0.939. The molecule has 0 aliphatic carbocycles. The molecule has 0 aromatic heterocycles. The van der Waals surface area contributed by atoms with Crippen LogP contribution in [0.25, 0.3) is 0 Å². The first-order valence-corrected chi connectivity index (χ1v) is 6.13. The summed E-state index contributed by atoms with van der Waals surface area (Å²) in [6.07, 6.45) is 0. The number of Topliss-reactive ketones (excluding diaryl/α,β-unsaturated/α-hetero) is 1. The number of nitrogens with one attached hydrogen (secondary N) is 1. The maximum atomic E-state index is 11.4. The van der Waals surface area contributed by atoms with Gasteiger partial charge in [0, 0.05) is 25.3 Å². The zero-order chi connectivity index (χ0) is 15.8. The fourth-order valence-electron chi connectivity index (χ4n) is 1.49. The van der Waals surface area contributed by atoms with Gasteiger partial charge in [-0.3, -0.25) is 19.7 Å². The van der Waals surface area contributed by atoms with Crippen LogP contribution in [-0.2, 0) is 9.53 Å². The molecule has 8 nitrogen and oxygen atoms in total. The Kier molecular flexibility index (Phi) is 6.28. The van der Waals surface area contributed by atoms with Crippen molar-refractivity contribution >= 4 is 17.4 Å². The summed E-state index contributed by atoms with van der Waals surface area (Å²) in [5, 5.41) is 13.5. The van der Waals surface area contributed by atoms with Crippen LogP contribution < -0.4 is 10.1 Å². The summed E-state index contributed by atoms with van der Waals surface area (Å²) in [7, 11) is 1.50. The minimum Gasteiger partial charge on any atom is -0.477 e. The monoisotopic (exact) mass is 296 g/mol.